The first-order valence-corrected chi connectivity index (χ1v) is 35.2. The molecule has 0 rings (SSSR count). The van der Waals surface area contributed by atoms with Gasteiger partial charge in [0.1, 0.15) is 13.2 Å². The molecule has 0 heterocycles. The van der Waals surface area contributed by atoms with Crippen LogP contribution in [0.1, 0.15) is 348 Å². The van der Waals surface area contributed by atoms with Crippen molar-refractivity contribution >= 4 is 17.9 Å². The second-order valence-corrected chi connectivity index (χ2v) is 23.4. The molecule has 0 aliphatic rings. The SMILES string of the molecule is CC/C=C\C/C=C\C/C=C\C/C=C\C/C=C\C/C=C\C/C=C\CCCCCCCCCCCCCCCC(=O)OCC(COC(=O)CCCCCCC/C=C\CCC)OC(=O)CCCCCCCCCCCCCCCCCCCCC. The highest BCUT2D eigenvalue weighted by molar-refractivity contribution is 5.71. The topological polar surface area (TPSA) is 78.9 Å². The molecule has 0 N–H and O–H groups in total. The molecule has 0 saturated carbocycles. The highest BCUT2D eigenvalue weighted by Gasteiger charge is 2.19. The Hall–Kier alpha value is -3.67. The van der Waals surface area contributed by atoms with Crippen molar-refractivity contribution in [3.8, 4) is 0 Å². The Bertz CT molecular complexity index is 1590. The van der Waals surface area contributed by atoms with Gasteiger partial charge in [-0.05, 0) is 96.3 Å². The molecule has 472 valence electrons. The fraction of sp³-hybridized carbons (Fsp3) is 0.750. The fourth-order valence-electron chi connectivity index (χ4n) is 10.1. The van der Waals surface area contributed by atoms with Gasteiger partial charge in [0.15, 0.2) is 6.10 Å². The number of esters is 3. The average Bonchev–Trinajstić information content (AvgIpc) is 3.48. The van der Waals surface area contributed by atoms with Gasteiger partial charge in [-0.2, -0.15) is 0 Å². The molecular weight excluding hydrogens is 1010 g/mol. The predicted octanol–water partition coefficient (Wildman–Crippen LogP) is 24.4. The smallest absolute Gasteiger partial charge is 0.306 e. The van der Waals surface area contributed by atoms with Crippen molar-refractivity contribution in [2.45, 2.75) is 354 Å². The van der Waals surface area contributed by atoms with Crippen molar-refractivity contribution in [2.24, 2.45) is 0 Å². The summed E-state index contributed by atoms with van der Waals surface area (Å²) in [5.41, 5.74) is 0. The maximum absolute atomic E-state index is 12.9. The quantitative estimate of drug-likeness (QED) is 0.0261. The minimum Gasteiger partial charge on any atom is -0.462 e. The predicted molar refractivity (Wildman–Crippen MR) is 357 cm³/mol. The molecule has 0 aromatic heterocycles. The van der Waals surface area contributed by atoms with Crippen molar-refractivity contribution in [1.82, 2.24) is 0 Å². The monoisotopic (exact) mass is 1140 g/mol. The van der Waals surface area contributed by atoms with Gasteiger partial charge in [-0.15, -0.1) is 0 Å². The zero-order valence-electron chi connectivity index (χ0n) is 54.2. The van der Waals surface area contributed by atoms with Crippen LogP contribution in [-0.4, -0.2) is 37.2 Å². The van der Waals surface area contributed by atoms with Crippen LogP contribution in [0, 0.1) is 0 Å². The van der Waals surface area contributed by atoms with E-state index in [1.54, 1.807) is 0 Å². The fourth-order valence-corrected chi connectivity index (χ4v) is 10.1. The van der Waals surface area contributed by atoms with Gasteiger partial charge in [-0.25, -0.2) is 0 Å². The first-order chi connectivity index (χ1) is 40.5. The first kappa shape index (κ1) is 78.3. The van der Waals surface area contributed by atoms with Crippen LogP contribution in [0.15, 0.2) is 97.2 Å². The largest absolute Gasteiger partial charge is 0.462 e. The van der Waals surface area contributed by atoms with E-state index >= 15 is 0 Å². The van der Waals surface area contributed by atoms with Crippen LogP contribution in [0.2, 0.25) is 0 Å². The molecule has 0 spiro atoms. The van der Waals surface area contributed by atoms with E-state index in [1.807, 2.05) is 0 Å². The van der Waals surface area contributed by atoms with Crippen LogP contribution < -0.4 is 0 Å². The molecule has 0 aliphatic carbocycles. The lowest BCUT2D eigenvalue weighted by molar-refractivity contribution is -0.167. The van der Waals surface area contributed by atoms with E-state index in [1.165, 1.54) is 193 Å². The molecule has 0 amide bonds. The second kappa shape index (κ2) is 69.8. The van der Waals surface area contributed by atoms with Gasteiger partial charge in [-0.1, -0.05) is 330 Å². The highest BCUT2D eigenvalue weighted by Crippen LogP contribution is 2.18. The summed E-state index contributed by atoms with van der Waals surface area (Å²) in [6.07, 6.45) is 94.5. The molecule has 1 unspecified atom stereocenters. The minimum atomic E-state index is -0.778. The van der Waals surface area contributed by atoms with Gasteiger partial charge in [0.2, 0.25) is 0 Å². The summed E-state index contributed by atoms with van der Waals surface area (Å²) in [5, 5.41) is 0. The van der Waals surface area contributed by atoms with Crippen LogP contribution in [0.5, 0.6) is 0 Å². The summed E-state index contributed by atoms with van der Waals surface area (Å²) in [5.74, 6) is -0.871. The molecule has 0 aromatic rings. The van der Waals surface area contributed by atoms with Gasteiger partial charge in [0.25, 0.3) is 0 Å². The highest BCUT2D eigenvalue weighted by atomic mass is 16.6. The summed E-state index contributed by atoms with van der Waals surface area (Å²) >= 11 is 0. The number of hydrogen-bond donors (Lipinski definition) is 0. The van der Waals surface area contributed by atoms with Crippen LogP contribution in [-0.2, 0) is 28.6 Å². The van der Waals surface area contributed by atoms with E-state index in [9.17, 15) is 14.4 Å². The molecule has 0 saturated heterocycles. The van der Waals surface area contributed by atoms with Crippen LogP contribution >= 0.6 is 0 Å². The molecule has 6 heteroatoms. The van der Waals surface area contributed by atoms with E-state index in [4.69, 9.17) is 14.2 Å². The summed E-state index contributed by atoms with van der Waals surface area (Å²) in [6.45, 7) is 6.50. The van der Waals surface area contributed by atoms with Crippen LogP contribution in [0.4, 0.5) is 0 Å². The molecule has 82 heavy (non-hydrogen) atoms. The third kappa shape index (κ3) is 67.1. The lowest BCUT2D eigenvalue weighted by Crippen LogP contribution is -2.30. The maximum Gasteiger partial charge on any atom is 0.306 e. The van der Waals surface area contributed by atoms with Gasteiger partial charge in [0, 0.05) is 19.3 Å². The van der Waals surface area contributed by atoms with Crippen molar-refractivity contribution in [3.63, 3.8) is 0 Å². The summed E-state index contributed by atoms with van der Waals surface area (Å²) in [4.78, 5) is 38.3. The normalized spacial score (nSPS) is 12.7. The van der Waals surface area contributed by atoms with Crippen molar-refractivity contribution in [3.05, 3.63) is 97.2 Å². The zero-order valence-corrected chi connectivity index (χ0v) is 54.2. The van der Waals surface area contributed by atoms with Gasteiger partial charge in [-0.3, -0.25) is 14.4 Å². The Morgan fingerprint density at radius 1 is 0.256 bits per heavy atom. The Kier molecular flexibility index (Phi) is 66.7. The van der Waals surface area contributed by atoms with Crippen LogP contribution in [0.3, 0.4) is 0 Å². The van der Waals surface area contributed by atoms with Gasteiger partial charge in [0.05, 0.1) is 0 Å². The Morgan fingerprint density at radius 2 is 0.500 bits per heavy atom. The number of ether oxygens (including phenoxy) is 3. The third-order valence-electron chi connectivity index (χ3n) is 15.3. The first-order valence-electron chi connectivity index (χ1n) is 35.2. The van der Waals surface area contributed by atoms with Crippen molar-refractivity contribution < 1.29 is 28.6 Å². The van der Waals surface area contributed by atoms with Crippen molar-refractivity contribution in [1.29, 1.82) is 0 Å². The number of hydrogen-bond acceptors (Lipinski definition) is 6. The zero-order chi connectivity index (χ0) is 59.2. The Morgan fingerprint density at radius 3 is 0.805 bits per heavy atom. The Balaban J connectivity index is 4.12. The molecule has 0 aliphatic heterocycles. The average molecular weight is 1140 g/mol. The van der Waals surface area contributed by atoms with E-state index in [-0.39, 0.29) is 31.1 Å². The molecule has 6 nitrogen and oxygen atoms in total. The maximum atomic E-state index is 12.9. The number of carbonyl (C=O) groups is 3. The van der Waals surface area contributed by atoms with E-state index in [2.05, 4.69) is 118 Å². The number of rotatable bonds is 64. The van der Waals surface area contributed by atoms with E-state index in [0.29, 0.717) is 19.3 Å². The van der Waals surface area contributed by atoms with E-state index in [0.717, 1.165) is 116 Å². The lowest BCUT2D eigenvalue weighted by atomic mass is 10.0. The van der Waals surface area contributed by atoms with E-state index < -0.39 is 6.10 Å². The summed E-state index contributed by atoms with van der Waals surface area (Å²) in [6, 6.07) is 0. The standard InChI is InChI=1S/C76H132O6/c1-4-7-10-13-16-19-22-24-26-28-30-31-32-33-34-35-36-37-38-39-40-41-42-43-44-45-47-48-50-52-54-57-60-63-66-69-75(78)81-72-73(71-80-74(77)68-65-62-59-56-21-18-15-12-9-6-3)82-76(79)70-67-64-61-58-55-53-51-49-46-29-27-25-23-20-17-14-11-8-5-2/h7,10,12,15-16,19,24,26,30-31,33-34,36-37,39-40,73H,4-6,8-9,11,13-14,17-18,20-23,25,27-29,32,35,38,41-72H2,1-3H3/b10-7-,15-12-,19-16-,26-24-,31-30-,34-33-,37-36-,40-39-. The minimum absolute atomic E-state index is 0.0760. The number of carbonyl (C=O) groups excluding carboxylic acids is 3. The van der Waals surface area contributed by atoms with Gasteiger partial charge >= 0.3 is 17.9 Å². The molecule has 0 aromatic carbocycles. The molecule has 0 bridgehead atoms. The number of allylic oxidation sites excluding steroid dienone is 16. The molecular formula is C76H132O6. The van der Waals surface area contributed by atoms with Crippen LogP contribution in [0.25, 0.3) is 0 Å². The van der Waals surface area contributed by atoms with Crippen molar-refractivity contribution in [2.75, 3.05) is 13.2 Å². The molecule has 1 atom stereocenters. The third-order valence-corrected chi connectivity index (χ3v) is 15.3. The number of unbranched alkanes of at least 4 members (excludes halogenated alkanes) is 37. The van der Waals surface area contributed by atoms with Gasteiger partial charge < -0.3 is 14.2 Å². The summed E-state index contributed by atoms with van der Waals surface area (Å²) in [7, 11) is 0. The lowest BCUT2D eigenvalue weighted by Gasteiger charge is -2.18. The Labute approximate surface area is 508 Å². The second-order valence-electron chi connectivity index (χ2n) is 23.4. The summed E-state index contributed by atoms with van der Waals surface area (Å²) < 4.78 is 16.9. The molecule has 0 radical (unpaired) electrons. The molecule has 0 fully saturated rings.